The summed E-state index contributed by atoms with van der Waals surface area (Å²) < 4.78 is 35.4. The summed E-state index contributed by atoms with van der Waals surface area (Å²) in [6.45, 7) is 9.53. The van der Waals surface area contributed by atoms with Gasteiger partial charge in [0.25, 0.3) is 0 Å². The number of hydrogen-bond acceptors (Lipinski definition) is 5. The Morgan fingerprint density at radius 2 is 2.04 bits per heavy atom. The molecule has 1 N–H and O–H groups in total. The van der Waals surface area contributed by atoms with Gasteiger partial charge in [-0.3, -0.25) is 4.68 Å². The lowest BCUT2D eigenvalue weighted by Gasteiger charge is -2.28. The molecule has 2 aromatic heterocycles. The van der Waals surface area contributed by atoms with Gasteiger partial charge in [-0.05, 0) is 53.9 Å². The van der Waals surface area contributed by atoms with Crippen molar-refractivity contribution in [2.75, 3.05) is 0 Å². The van der Waals surface area contributed by atoms with Crippen LogP contribution in [0.3, 0.4) is 0 Å². The van der Waals surface area contributed by atoms with E-state index in [0.717, 1.165) is 30.5 Å². The highest BCUT2D eigenvalue weighted by Crippen LogP contribution is 2.33. The third-order valence-corrected chi connectivity index (χ3v) is 6.07. The lowest BCUT2D eigenvalue weighted by molar-refractivity contribution is 0.336. The van der Waals surface area contributed by atoms with Crippen molar-refractivity contribution >= 4 is 10.0 Å². The Bertz CT molecular complexity index is 839. The van der Waals surface area contributed by atoms with Gasteiger partial charge in [0.2, 0.25) is 10.0 Å². The van der Waals surface area contributed by atoms with Gasteiger partial charge in [-0.25, -0.2) is 13.1 Å². The van der Waals surface area contributed by atoms with E-state index < -0.39 is 10.0 Å². The molecule has 0 saturated carbocycles. The van der Waals surface area contributed by atoms with Crippen molar-refractivity contribution < 1.29 is 12.9 Å². The zero-order chi connectivity index (χ0) is 17.7. The predicted molar refractivity (Wildman–Crippen MR) is 89.2 cm³/mol. The molecule has 2 heterocycles. The van der Waals surface area contributed by atoms with Crippen LogP contribution in [-0.4, -0.2) is 23.4 Å². The monoisotopic (exact) mass is 352 g/mol. The molecule has 0 radical (unpaired) electrons. The van der Waals surface area contributed by atoms with Crippen LogP contribution in [0.15, 0.2) is 15.6 Å². The molecule has 0 aromatic carbocycles. The molecule has 24 heavy (non-hydrogen) atoms. The molecule has 0 spiro atoms. The van der Waals surface area contributed by atoms with Gasteiger partial charge in [0.05, 0.1) is 17.8 Å². The first-order valence-corrected chi connectivity index (χ1v) is 9.62. The third-order valence-electron chi connectivity index (χ3n) is 4.35. The topological polar surface area (TPSA) is 90.0 Å². The van der Waals surface area contributed by atoms with Gasteiger partial charge in [0, 0.05) is 11.3 Å². The molecule has 0 amide bonds. The Balaban J connectivity index is 1.95. The van der Waals surface area contributed by atoms with Crippen LogP contribution in [-0.2, 0) is 22.0 Å². The maximum absolute atomic E-state index is 12.8. The van der Waals surface area contributed by atoms with Crippen LogP contribution in [0.4, 0.5) is 0 Å². The van der Waals surface area contributed by atoms with Crippen LogP contribution in [0.25, 0.3) is 0 Å². The van der Waals surface area contributed by atoms with E-state index >= 15 is 0 Å². The zero-order valence-electron chi connectivity index (χ0n) is 14.8. The average molecular weight is 352 g/mol. The summed E-state index contributed by atoms with van der Waals surface area (Å²) in [6, 6.07) is -0.274. The first kappa shape index (κ1) is 17.2. The molecule has 0 bridgehead atoms. The van der Waals surface area contributed by atoms with Crippen molar-refractivity contribution in [2.45, 2.75) is 70.4 Å². The third kappa shape index (κ3) is 2.88. The van der Waals surface area contributed by atoms with Crippen LogP contribution in [0.1, 0.15) is 62.4 Å². The van der Waals surface area contributed by atoms with E-state index in [1.54, 1.807) is 20.0 Å². The summed E-state index contributed by atoms with van der Waals surface area (Å²) in [4.78, 5) is 0.137. The molecule has 0 aliphatic heterocycles. The Morgan fingerprint density at radius 3 is 2.62 bits per heavy atom. The molecule has 7 nitrogen and oxygen atoms in total. The summed E-state index contributed by atoms with van der Waals surface area (Å²) in [5, 5.41) is 8.24. The Morgan fingerprint density at radius 1 is 1.33 bits per heavy atom. The van der Waals surface area contributed by atoms with E-state index in [2.05, 4.69) is 35.7 Å². The molecular formula is C16H24N4O3S. The van der Waals surface area contributed by atoms with Crippen LogP contribution in [0.2, 0.25) is 0 Å². The molecular weight excluding hydrogens is 328 g/mol. The summed E-state index contributed by atoms with van der Waals surface area (Å²) in [6.07, 6.45) is 4.38. The van der Waals surface area contributed by atoms with Crippen molar-refractivity contribution in [3.8, 4) is 0 Å². The molecule has 2 aromatic rings. The fourth-order valence-corrected chi connectivity index (χ4v) is 4.94. The Labute approximate surface area is 142 Å². The van der Waals surface area contributed by atoms with E-state index in [4.69, 9.17) is 4.52 Å². The minimum absolute atomic E-state index is 0.129. The van der Waals surface area contributed by atoms with Crippen LogP contribution in [0.5, 0.6) is 0 Å². The van der Waals surface area contributed by atoms with E-state index in [0.29, 0.717) is 11.5 Å². The number of sulfonamides is 1. The highest BCUT2D eigenvalue weighted by Gasteiger charge is 2.33. The maximum atomic E-state index is 12.8. The second-order valence-electron chi connectivity index (χ2n) is 7.35. The molecule has 3 rings (SSSR count). The van der Waals surface area contributed by atoms with Gasteiger partial charge in [-0.2, -0.15) is 5.10 Å². The van der Waals surface area contributed by atoms with Crippen molar-refractivity contribution in [3.05, 3.63) is 28.9 Å². The zero-order valence-corrected chi connectivity index (χ0v) is 15.6. The number of aromatic nitrogens is 3. The molecule has 1 unspecified atom stereocenters. The summed E-state index contributed by atoms with van der Waals surface area (Å²) in [5.74, 6) is 0.307. The van der Waals surface area contributed by atoms with Crippen molar-refractivity contribution in [2.24, 2.45) is 0 Å². The van der Waals surface area contributed by atoms with Crippen LogP contribution in [0, 0.1) is 13.8 Å². The van der Waals surface area contributed by atoms with Gasteiger partial charge >= 0.3 is 0 Å². The smallest absolute Gasteiger partial charge is 0.246 e. The number of aryl methyl sites for hydroxylation is 2. The molecule has 1 atom stereocenters. The average Bonchev–Trinajstić information content (AvgIpc) is 3.02. The number of nitrogens with one attached hydrogen (secondary N) is 1. The predicted octanol–water partition coefficient (Wildman–Crippen LogP) is 2.60. The molecule has 0 saturated heterocycles. The Kier molecular flexibility index (Phi) is 4.08. The van der Waals surface area contributed by atoms with Gasteiger partial charge in [0.15, 0.2) is 5.76 Å². The number of fused-ring (bicyclic) bond motifs is 1. The SMILES string of the molecule is Cc1noc(C)c1S(=O)(=O)NC1CCCc2c1cnn2C(C)(C)C. The van der Waals surface area contributed by atoms with E-state index in [9.17, 15) is 8.42 Å². The van der Waals surface area contributed by atoms with Crippen molar-refractivity contribution in [1.82, 2.24) is 19.7 Å². The van der Waals surface area contributed by atoms with Gasteiger partial charge in [0.1, 0.15) is 10.6 Å². The standard InChI is InChI=1S/C16H24N4O3S/c1-10-15(11(2)23-18-10)24(21,22)19-13-7-6-8-14-12(13)9-17-20(14)16(3,4)5/h9,13,19H,6-8H2,1-5H3. The lowest BCUT2D eigenvalue weighted by atomic mass is 9.93. The largest absolute Gasteiger partial charge is 0.360 e. The molecule has 132 valence electrons. The first-order chi connectivity index (χ1) is 11.1. The fraction of sp³-hybridized carbons (Fsp3) is 0.625. The summed E-state index contributed by atoms with van der Waals surface area (Å²) in [7, 11) is -3.69. The van der Waals surface area contributed by atoms with Gasteiger partial charge in [-0.15, -0.1) is 0 Å². The summed E-state index contributed by atoms with van der Waals surface area (Å²) in [5.41, 5.74) is 2.32. The maximum Gasteiger partial charge on any atom is 0.246 e. The molecule has 0 fully saturated rings. The molecule has 1 aliphatic carbocycles. The van der Waals surface area contributed by atoms with Crippen LogP contribution < -0.4 is 4.72 Å². The lowest BCUT2D eigenvalue weighted by Crippen LogP contribution is -2.33. The first-order valence-electron chi connectivity index (χ1n) is 8.14. The number of nitrogens with zero attached hydrogens (tertiary/aromatic N) is 3. The van der Waals surface area contributed by atoms with Crippen molar-refractivity contribution in [3.63, 3.8) is 0 Å². The minimum Gasteiger partial charge on any atom is -0.360 e. The Hall–Kier alpha value is -1.67. The van der Waals surface area contributed by atoms with Crippen molar-refractivity contribution in [1.29, 1.82) is 0 Å². The van der Waals surface area contributed by atoms with Crippen LogP contribution >= 0.6 is 0 Å². The van der Waals surface area contributed by atoms with E-state index in [1.165, 1.54) is 0 Å². The highest BCUT2D eigenvalue weighted by molar-refractivity contribution is 7.89. The number of hydrogen-bond donors (Lipinski definition) is 1. The van der Waals surface area contributed by atoms with E-state index in [1.807, 2.05) is 4.68 Å². The summed E-state index contributed by atoms with van der Waals surface area (Å²) >= 11 is 0. The minimum atomic E-state index is -3.69. The quantitative estimate of drug-likeness (QED) is 0.917. The fourth-order valence-electron chi connectivity index (χ4n) is 3.36. The van der Waals surface area contributed by atoms with Gasteiger partial charge < -0.3 is 4.52 Å². The molecule has 1 aliphatic rings. The van der Waals surface area contributed by atoms with E-state index in [-0.39, 0.29) is 16.5 Å². The normalized spacial score (nSPS) is 18.6. The van der Waals surface area contributed by atoms with Gasteiger partial charge in [-0.1, -0.05) is 5.16 Å². The molecule has 8 heteroatoms. The highest BCUT2D eigenvalue weighted by atomic mass is 32.2. The second kappa shape index (κ2) is 5.70. The number of rotatable bonds is 3. The second-order valence-corrected chi connectivity index (χ2v) is 9.00.